The molecule has 4 fully saturated rings. The first kappa shape index (κ1) is 23.6. The van der Waals surface area contributed by atoms with Gasteiger partial charge in [0.1, 0.15) is 5.65 Å². The Morgan fingerprint density at radius 3 is 2.46 bits per heavy atom. The van der Waals surface area contributed by atoms with Gasteiger partial charge in [-0.05, 0) is 74.7 Å². The molecule has 4 aromatic heterocycles. The van der Waals surface area contributed by atoms with Crippen molar-refractivity contribution in [2.45, 2.75) is 51.6 Å². The third-order valence-electron chi connectivity index (χ3n) is 10.0. The molecular weight excluding hydrogens is 488 g/mol. The highest BCUT2D eigenvalue weighted by molar-refractivity contribution is 5.93. The first-order valence-corrected chi connectivity index (χ1v) is 14.6. The molecule has 0 aromatic carbocycles. The van der Waals surface area contributed by atoms with E-state index in [4.69, 9.17) is 9.72 Å². The maximum absolute atomic E-state index is 13.5. The Kier molecular flexibility index (Phi) is 5.39. The normalized spacial score (nSPS) is 22.1. The van der Waals surface area contributed by atoms with Crippen LogP contribution in [0.1, 0.15) is 49.8 Å². The van der Waals surface area contributed by atoms with Crippen LogP contribution >= 0.6 is 0 Å². The van der Waals surface area contributed by atoms with Gasteiger partial charge < -0.3 is 18.6 Å². The standard InChI is InChI=1S/C31H36N6O2/c38-29-26-15-32-16-27(37-21-31(22-37)8-13-39-14-9-31)25(26)3-10-35(29)19-24-20-36-18-23(1-2-28(36)33-24)17-34-11-6-30(4-5-30)7-12-34/h1-3,10,15-16,18,20H,4-9,11-14,17,19,21-22H2. The van der Waals surface area contributed by atoms with Crippen LogP contribution in [0.25, 0.3) is 16.4 Å². The molecule has 2 spiro atoms. The van der Waals surface area contributed by atoms with Crippen molar-refractivity contribution in [3.63, 3.8) is 0 Å². The second-order valence-corrected chi connectivity index (χ2v) is 12.6. The highest BCUT2D eigenvalue weighted by Crippen LogP contribution is 2.53. The molecule has 8 rings (SSSR count). The molecule has 0 bridgehead atoms. The SMILES string of the molecule is O=c1c2cncc(N3CC4(CCOCC4)C3)c2ccn1Cc1cn2cc(CN3CCC4(CC3)CC4)ccc2n1. The lowest BCUT2D eigenvalue weighted by Gasteiger charge is -2.53. The molecule has 1 saturated carbocycles. The van der Waals surface area contributed by atoms with Gasteiger partial charge in [-0.2, -0.15) is 0 Å². The molecule has 8 heteroatoms. The summed E-state index contributed by atoms with van der Waals surface area (Å²) in [4.78, 5) is 27.7. The van der Waals surface area contributed by atoms with Crippen molar-refractivity contribution in [2.75, 3.05) is 44.3 Å². The zero-order valence-electron chi connectivity index (χ0n) is 22.5. The van der Waals surface area contributed by atoms with Gasteiger partial charge in [0.05, 0.1) is 29.5 Å². The number of aromatic nitrogens is 4. The zero-order valence-corrected chi connectivity index (χ0v) is 22.5. The fourth-order valence-electron chi connectivity index (χ4n) is 7.18. The first-order chi connectivity index (χ1) is 19.1. The van der Waals surface area contributed by atoms with Gasteiger partial charge in [0.25, 0.3) is 5.56 Å². The molecule has 0 N–H and O–H groups in total. The summed E-state index contributed by atoms with van der Waals surface area (Å²) in [6.07, 6.45) is 17.6. The van der Waals surface area contributed by atoms with Crippen LogP contribution in [0.15, 0.2) is 54.0 Å². The maximum atomic E-state index is 13.5. The minimum Gasteiger partial charge on any atom is -0.381 e. The van der Waals surface area contributed by atoms with Crippen molar-refractivity contribution < 1.29 is 4.74 Å². The lowest BCUT2D eigenvalue weighted by atomic mass is 9.73. The first-order valence-electron chi connectivity index (χ1n) is 14.6. The number of hydrogen-bond acceptors (Lipinski definition) is 6. The van der Waals surface area contributed by atoms with Crippen molar-refractivity contribution >= 4 is 22.1 Å². The van der Waals surface area contributed by atoms with Crippen LogP contribution in [-0.2, 0) is 17.8 Å². The molecule has 3 saturated heterocycles. The van der Waals surface area contributed by atoms with Gasteiger partial charge in [-0.15, -0.1) is 0 Å². The van der Waals surface area contributed by atoms with Gasteiger partial charge >= 0.3 is 0 Å². The molecule has 0 unspecified atom stereocenters. The van der Waals surface area contributed by atoms with E-state index in [-0.39, 0.29) is 5.56 Å². The Bertz CT molecular complexity index is 1590. The minimum atomic E-state index is -0.0144. The van der Waals surface area contributed by atoms with E-state index in [0.29, 0.717) is 22.8 Å². The molecule has 0 amide bonds. The molecule has 202 valence electrons. The van der Waals surface area contributed by atoms with E-state index in [0.717, 1.165) is 68.1 Å². The summed E-state index contributed by atoms with van der Waals surface area (Å²) in [6, 6.07) is 6.37. The third-order valence-corrected chi connectivity index (χ3v) is 10.0. The third kappa shape index (κ3) is 4.25. The van der Waals surface area contributed by atoms with E-state index in [9.17, 15) is 4.79 Å². The number of fused-ring (bicyclic) bond motifs is 2. The Morgan fingerprint density at radius 2 is 1.67 bits per heavy atom. The van der Waals surface area contributed by atoms with E-state index in [1.165, 1.54) is 44.3 Å². The van der Waals surface area contributed by atoms with Crippen molar-refractivity contribution in [1.29, 1.82) is 0 Å². The van der Waals surface area contributed by atoms with Gasteiger partial charge in [-0.1, -0.05) is 6.07 Å². The summed E-state index contributed by atoms with van der Waals surface area (Å²) in [5.74, 6) is 0. The highest BCUT2D eigenvalue weighted by atomic mass is 16.5. The second-order valence-electron chi connectivity index (χ2n) is 12.6. The van der Waals surface area contributed by atoms with Crippen molar-refractivity contribution in [3.05, 3.63) is 70.8 Å². The molecule has 8 nitrogen and oxygen atoms in total. The maximum Gasteiger partial charge on any atom is 0.260 e. The zero-order chi connectivity index (χ0) is 26.0. The minimum absolute atomic E-state index is 0.0144. The fourth-order valence-corrected chi connectivity index (χ4v) is 7.18. The number of likely N-dealkylation sites (tertiary alicyclic amines) is 1. The van der Waals surface area contributed by atoms with Crippen molar-refractivity contribution in [3.8, 4) is 0 Å². The highest BCUT2D eigenvalue weighted by Gasteiger charge is 2.45. The van der Waals surface area contributed by atoms with Crippen LogP contribution in [-0.4, -0.2) is 63.2 Å². The Hall–Kier alpha value is -3.23. The number of anilines is 1. The van der Waals surface area contributed by atoms with E-state index in [1.54, 1.807) is 10.8 Å². The topological polar surface area (TPSA) is 67.9 Å². The molecule has 1 aliphatic carbocycles. The monoisotopic (exact) mass is 524 g/mol. The van der Waals surface area contributed by atoms with Crippen LogP contribution in [0.4, 0.5) is 5.69 Å². The summed E-state index contributed by atoms with van der Waals surface area (Å²) in [6.45, 7) is 7.60. The summed E-state index contributed by atoms with van der Waals surface area (Å²) < 4.78 is 9.44. The van der Waals surface area contributed by atoms with Crippen LogP contribution in [0.5, 0.6) is 0 Å². The van der Waals surface area contributed by atoms with Gasteiger partial charge in [0, 0.05) is 68.4 Å². The average Bonchev–Trinajstić information content (AvgIpc) is 3.58. The van der Waals surface area contributed by atoms with Crippen molar-refractivity contribution in [1.82, 2.24) is 23.8 Å². The molecule has 7 heterocycles. The quantitative estimate of drug-likeness (QED) is 0.392. The number of hydrogen-bond donors (Lipinski definition) is 0. The number of ether oxygens (including phenoxy) is 1. The van der Waals surface area contributed by atoms with E-state index < -0.39 is 0 Å². The molecule has 39 heavy (non-hydrogen) atoms. The van der Waals surface area contributed by atoms with Crippen LogP contribution in [0, 0.1) is 10.8 Å². The largest absolute Gasteiger partial charge is 0.381 e. The van der Waals surface area contributed by atoms with Gasteiger partial charge in [-0.25, -0.2) is 4.98 Å². The number of piperidine rings is 1. The average molecular weight is 525 g/mol. The van der Waals surface area contributed by atoms with Crippen molar-refractivity contribution in [2.24, 2.45) is 10.8 Å². The molecule has 3 aliphatic heterocycles. The molecule has 0 radical (unpaired) electrons. The Labute approximate surface area is 228 Å². The molecular formula is C31H36N6O2. The van der Waals surface area contributed by atoms with E-state index in [1.807, 2.05) is 12.4 Å². The van der Waals surface area contributed by atoms with E-state index >= 15 is 0 Å². The van der Waals surface area contributed by atoms with E-state index in [2.05, 4.69) is 49.8 Å². The number of pyridine rings is 3. The van der Waals surface area contributed by atoms with Gasteiger partial charge in [0.15, 0.2) is 0 Å². The van der Waals surface area contributed by atoms with Crippen LogP contribution in [0.2, 0.25) is 0 Å². The summed E-state index contributed by atoms with van der Waals surface area (Å²) in [5.41, 5.74) is 5.24. The van der Waals surface area contributed by atoms with Gasteiger partial charge in [0.2, 0.25) is 0 Å². The lowest BCUT2D eigenvalue weighted by molar-refractivity contribution is -0.000118. The molecule has 4 aliphatic rings. The Morgan fingerprint density at radius 1 is 0.846 bits per heavy atom. The second kappa shape index (κ2) is 8.89. The smallest absolute Gasteiger partial charge is 0.260 e. The van der Waals surface area contributed by atoms with Crippen LogP contribution in [0.3, 0.4) is 0 Å². The lowest BCUT2D eigenvalue weighted by Crippen LogP contribution is -2.58. The van der Waals surface area contributed by atoms with Crippen LogP contribution < -0.4 is 10.5 Å². The Balaban J connectivity index is 0.998. The van der Waals surface area contributed by atoms with Gasteiger partial charge in [-0.3, -0.25) is 14.7 Å². The number of rotatable bonds is 5. The number of imidazole rings is 1. The predicted octanol–water partition coefficient (Wildman–Crippen LogP) is 4.09. The predicted molar refractivity (Wildman–Crippen MR) is 151 cm³/mol. The number of nitrogens with zero attached hydrogens (tertiary/aromatic N) is 6. The molecule has 0 atom stereocenters. The summed E-state index contributed by atoms with van der Waals surface area (Å²) >= 11 is 0. The summed E-state index contributed by atoms with van der Waals surface area (Å²) in [5, 5.41) is 1.65. The molecule has 4 aromatic rings. The summed E-state index contributed by atoms with van der Waals surface area (Å²) in [7, 11) is 0. The fraction of sp³-hybridized carbons (Fsp3) is 0.516.